The molecule has 3 rings (SSSR count). The minimum Gasteiger partial charge on any atom is -0.444 e. The number of halogens is 4. The molecule has 9 nitrogen and oxygen atoms in total. The number of hydrogen-bond donors (Lipinski definition) is 1. The van der Waals surface area contributed by atoms with Crippen LogP contribution in [0.3, 0.4) is 0 Å². The van der Waals surface area contributed by atoms with E-state index in [4.69, 9.17) is 39.5 Å². The highest BCUT2D eigenvalue weighted by molar-refractivity contribution is 9.10. The summed E-state index contributed by atoms with van der Waals surface area (Å²) in [6, 6.07) is 2.88. The summed E-state index contributed by atoms with van der Waals surface area (Å²) >= 11 is 22.1. The lowest BCUT2D eigenvalue weighted by Crippen LogP contribution is -2.50. The van der Waals surface area contributed by atoms with Gasteiger partial charge in [-0.25, -0.2) is 9.78 Å². The molecule has 1 aromatic carbocycles. The molecule has 1 N–H and O–H groups in total. The van der Waals surface area contributed by atoms with Crippen LogP contribution in [0, 0.1) is 21.4 Å². The van der Waals surface area contributed by atoms with E-state index < -0.39 is 28.3 Å². The molecule has 34 heavy (non-hydrogen) atoms. The lowest BCUT2D eigenvalue weighted by molar-refractivity contribution is -0.384. The summed E-state index contributed by atoms with van der Waals surface area (Å²) < 4.78 is 5.87. The van der Waals surface area contributed by atoms with Crippen LogP contribution in [0.2, 0.25) is 15.2 Å². The Kier molecular flexibility index (Phi) is 8.03. The van der Waals surface area contributed by atoms with Crippen molar-refractivity contribution in [2.45, 2.75) is 57.7 Å². The van der Waals surface area contributed by atoms with Crippen LogP contribution in [0.25, 0.3) is 10.9 Å². The Hall–Kier alpha value is -2.06. The van der Waals surface area contributed by atoms with Gasteiger partial charge >= 0.3 is 11.8 Å². The Labute approximate surface area is 219 Å². The third kappa shape index (κ3) is 5.60. The van der Waals surface area contributed by atoms with Crippen molar-refractivity contribution in [3.05, 3.63) is 35.9 Å². The number of nitro groups is 1. The van der Waals surface area contributed by atoms with E-state index in [-0.39, 0.29) is 38.9 Å². The highest BCUT2D eigenvalue weighted by Gasteiger charge is 2.36. The third-order valence-electron chi connectivity index (χ3n) is 5.25. The van der Waals surface area contributed by atoms with E-state index in [0.29, 0.717) is 29.2 Å². The number of carbonyl (C=O) groups is 1. The number of nitrogens with one attached hydrogen (secondary N) is 1. The van der Waals surface area contributed by atoms with Gasteiger partial charge < -0.3 is 15.0 Å². The average molecular weight is 594 g/mol. The van der Waals surface area contributed by atoms with Gasteiger partial charge in [0.1, 0.15) is 11.3 Å². The van der Waals surface area contributed by atoms with Crippen molar-refractivity contribution in [1.29, 1.82) is 5.26 Å². The van der Waals surface area contributed by atoms with Gasteiger partial charge in [-0.15, -0.1) is 0 Å². The first-order valence-corrected chi connectivity index (χ1v) is 12.2. The second-order valence-corrected chi connectivity index (χ2v) is 10.8. The van der Waals surface area contributed by atoms with Crippen molar-refractivity contribution >= 4 is 79.1 Å². The van der Waals surface area contributed by atoms with Gasteiger partial charge in [0.25, 0.3) is 0 Å². The molecule has 1 amide bonds. The number of likely N-dealkylation sites (tertiary alicyclic amines) is 1. The number of rotatable bonds is 4. The van der Waals surface area contributed by atoms with Gasteiger partial charge in [-0.2, -0.15) is 5.26 Å². The first-order chi connectivity index (χ1) is 15.8. The Morgan fingerprint density at radius 1 is 1.44 bits per heavy atom. The molecular formula is C21H21BrCl3N5O4. The molecule has 0 unspecified atom stereocenters. The molecule has 1 aliphatic heterocycles. The first kappa shape index (κ1) is 26.5. The van der Waals surface area contributed by atoms with Crippen LogP contribution in [0.5, 0.6) is 0 Å². The first-order valence-electron chi connectivity index (χ1n) is 10.3. The van der Waals surface area contributed by atoms with Crippen LogP contribution in [0.1, 0.15) is 40.0 Å². The fraction of sp³-hybridized carbons (Fsp3) is 0.476. The number of pyridine rings is 1. The molecule has 1 fully saturated rings. The number of fused-ring (bicyclic) bond motifs is 1. The lowest BCUT2D eigenvalue weighted by Gasteiger charge is -2.39. The molecule has 13 heteroatoms. The van der Waals surface area contributed by atoms with E-state index >= 15 is 0 Å². The number of carbonyl (C=O) groups excluding carboxylic acids is 1. The number of nitriles is 1. The Bertz CT molecular complexity index is 1200. The summed E-state index contributed by atoms with van der Waals surface area (Å²) in [7, 11) is 0. The molecule has 0 saturated carbocycles. The zero-order valence-corrected chi connectivity index (χ0v) is 22.3. The maximum atomic E-state index is 12.7. The van der Waals surface area contributed by atoms with Crippen molar-refractivity contribution in [3.8, 4) is 6.07 Å². The van der Waals surface area contributed by atoms with Crippen LogP contribution >= 0.6 is 50.7 Å². The van der Waals surface area contributed by atoms with E-state index in [9.17, 15) is 20.2 Å². The van der Waals surface area contributed by atoms with Crippen molar-refractivity contribution in [3.63, 3.8) is 0 Å². The molecule has 182 valence electrons. The number of benzene rings is 1. The van der Waals surface area contributed by atoms with Crippen molar-refractivity contribution < 1.29 is 14.5 Å². The van der Waals surface area contributed by atoms with E-state index in [1.165, 1.54) is 11.0 Å². The minimum absolute atomic E-state index is 0.0853. The standard InChI is InChI=1S/C21H21BrCl3N5O4/c1-21(2,3)34-20(31)29-7-5-10(8-11(29)4-6-26)27-17-12-9-13(23)14(22)15(24)16(12)28-19(25)18(17)30(32)33/h9-11H,4-5,7-8H2,1-3H3,(H,27,28)/t10-,11+/m0/s1. The maximum absolute atomic E-state index is 12.7. The van der Waals surface area contributed by atoms with Crippen LogP contribution in [-0.4, -0.2) is 45.1 Å². The zero-order valence-electron chi connectivity index (χ0n) is 18.5. The number of piperidine rings is 1. The largest absolute Gasteiger partial charge is 0.444 e. The van der Waals surface area contributed by atoms with Gasteiger partial charge in [0.2, 0.25) is 5.15 Å². The monoisotopic (exact) mass is 591 g/mol. The second kappa shape index (κ2) is 10.3. The summed E-state index contributed by atoms with van der Waals surface area (Å²) in [6.07, 6.45) is 0.404. The molecule has 1 saturated heterocycles. The number of nitrogens with zero attached hydrogens (tertiary/aromatic N) is 4. The van der Waals surface area contributed by atoms with Gasteiger partial charge in [-0.3, -0.25) is 10.1 Å². The molecule has 1 aromatic heterocycles. The Morgan fingerprint density at radius 3 is 2.71 bits per heavy atom. The summed E-state index contributed by atoms with van der Waals surface area (Å²) in [4.78, 5) is 29.5. The van der Waals surface area contributed by atoms with Crippen LogP contribution in [0.15, 0.2) is 10.5 Å². The Morgan fingerprint density at radius 2 is 2.12 bits per heavy atom. The summed E-state index contributed by atoms with van der Waals surface area (Å²) in [5.74, 6) is 0. The summed E-state index contributed by atoms with van der Waals surface area (Å²) in [5, 5.41) is 24.8. The number of aromatic nitrogens is 1. The third-order valence-corrected chi connectivity index (χ3v) is 7.46. The fourth-order valence-corrected chi connectivity index (χ4v) is 4.87. The summed E-state index contributed by atoms with van der Waals surface area (Å²) in [5.41, 5.74) is -0.711. The van der Waals surface area contributed by atoms with E-state index in [0.717, 1.165) is 0 Å². The predicted molar refractivity (Wildman–Crippen MR) is 135 cm³/mol. The fourth-order valence-electron chi connectivity index (χ4n) is 3.83. The molecule has 0 aliphatic carbocycles. The SMILES string of the molecule is CC(C)(C)OC(=O)N1CC[C@H](Nc2c([N+](=O)[O-])c(Cl)nc3c(Cl)c(Br)c(Cl)cc23)C[C@H]1CC#N. The predicted octanol–water partition coefficient (Wildman–Crippen LogP) is 6.96. The number of hydrogen-bond acceptors (Lipinski definition) is 7. The van der Waals surface area contributed by atoms with Gasteiger partial charge in [-0.05, 0) is 55.6 Å². The van der Waals surface area contributed by atoms with Gasteiger partial charge in [-0.1, -0.05) is 34.8 Å². The van der Waals surface area contributed by atoms with Crippen molar-refractivity contribution in [2.75, 3.05) is 11.9 Å². The van der Waals surface area contributed by atoms with E-state index in [2.05, 4.69) is 32.3 Å². The number of ether oxygens (including phenoxy) is 1. The minimum atomic E-state index is -0.677. The highest BCUT2D eigenvalue weighted by atomic mass is 79.9. The van der Waals surface area contributed by atoms with E-state index in [1.807, 2.05) is 0 Å². The molecule has 1 aliphatic rings. The van der Waals surface area contributed by atoms with Crippen molar-refractivity contribution in [2.24, 2.45) is 0 Å². The average Bonchev–Trinajstić information content (AvgIpc) is 2.72. The number of anilines is 1. The zero-order chi connectivity index (χ0) is 25.4. The lowest BCUT2D eigenvalue weighted by atomic mass is 9.95. The quantitative estimate of drug-likeness (QED) is 0.176. The molecule has 0 spiro atoms. The van der Waals surface area contributed by atoms with Crippen LogP contribution in [0.4, 0.5) is 16.2 Å². The van der Waals surface area contributed by atoms with Crippen LogP contribution < -0.4 is 5.32 Å². The van der Waals surface area contributed by atoms with Crippen molar-refractivity contribution in [1.82, 2.24) is 9.88 Å². The summed E-state index contributed by atoms with van der Waals surface area (Å²) in [6.45, 7) is 5.61. The van der Waals surface area contributed by atoms with Gasteiger partial charge in [0.15, 0.2) is 0 Å². The van der Waals surface area contributed by atoms with E-state index in [1.54, 1.807) is 20.8 Å². The van der Waals surface area contributed by atoms with Gasteiger partial charge in [0.05, 0.1) is 37.4 Å². The molecular weight excluding hydrogens is 573 g/mol. The highest BCUT2D eigenvalue weighted by Crippen LogP contribution is 2.45. The number of amides is 1. The topological polar surface area (TPSA) is 121 Å². The maximum Gasteiger partial charge on any atom is 0.410 e. The molecule has 2 atom stereocenters. The molecule has 2 aromatic rings. The molecule has 0 bridgehead atoms. The van der Waals surface area contributed by atoms with Crippen LogP contribution in [-0.2, 0) is 4.74 Å². The molecule has 2 heterocycles. The molecule has 0 radical (unpaired) electrons. The van der Waals surface area contributed by atoms with Gasteiger partial charge in [0, 0.05) is 24.0 Å². The smallest absolute Gasteiger partial charge is 0.410 e. The Balaban J connectivity index is 1.99. The second-order valence-electron chi connectivity index (χ2n) is 8.82. The normalized spacial score (nSPS) is 18.5.